The van der Waals surface area contributed by atoms with Crippen LogP contribution < -0.4 is 5.43 Å². The molecule has 0 aliphatic rings. The molecule has 0 saturated heterocycles. The number of carbonyl (C=O) groups is 3. The molecular formula is C14H15ClN2O5. The van der Waals surface area contributed by atoms with Gasteiger partial charge in [0.15, 0.2) is 5.78 Å². The fourth-order valence-corrected chi connectivity index (χ4v) is 1.74. The highest BCUT2D eigenvalue weighted by atomic mass is 35.5. The molecule has 118 valence electrons. The van der Waals surface area contributed by atoms with Crippen molar-refractivity contribution in [2.75, 3.05) is 12.0 Å². The van der Waals surface area contributed by atoms with E-state index in [9.17, 15) is 14.4 Å². The summed E-state index contributed by atoms with van der Waals surface area (Å²) in [7, 11) is 0. The Kier molecular flexibility index (Phi) is 6.52. The van der Waals surface area contributed by atoms with E-state index in [1.54, 1.807) is 6.92 Å². The lowest BCUT2D eigenvalue weighted by Gasteiger charge is -2.06. The molecule has 2 N–H and O–H groups in total. The predicted octanol–water partition coefficient (Wildman–Crippen LogP) is 2.35. The maximum atomic E-state index is 11.4. The van der Waals surface area contributed by atoms with Crippen molar-refractivity contribution in [1.29, 1.82) is 0 Å². The molecule has 0 atom stereocenters. The minimum Gasteiger partial charge on any atom is -0.478 e. The summed E-state index contributed by atoms with van der Waals surface area (Å²) in [5.41, 5.74) is 2.90. The Labute approximate surface area is 131 Å². The maximum Gasteiger partial charge on any atom is 0.337 e. The Balaban J connectivity index is 2.87. The van der Waals surface area contributed by atoms with Gasteiger partial charge in [-0.1, -0.05) is 11.6 Å². The predicted molar refractivity (Wildman–Crippen MR) is 81.4 cm³/mol. The average molecular weight is 327 g/mol. The standard InChI is InChI=1S/C14H15ClN2O5/c1-3-22-13(19)7-12(8(2)18)17-16-9-4-5-10(14(20)21)11(15)6-9/h4-6,16H,3,7H2,1-2H3,(H,20,21). The van der Waals surface area contributed by atoms with Crippen molar-refractivity contribution in [1.82, 2.24) is 0 Å². The summed E-state index contributed by atoms with van der Waals surface area (Å²) in [6.07, 6.45) is -0.253. The van der Waals surface area contributed by atoms with Crippen LogP contribution in [0.15, 0.2) is 23.3 Å². The summed E-state index contributed by atoms with van der Waals surface area (Å²) in [5.74, 6) is -2.09. The number of hydrogen-bond donors (Lipinski definition) is 2. The molecule has 0 amide bonds. The molecule has 0 aliphatic heterocycles. The highest BCUT2D eigenvalue weighted by Gasteiger charge is 2.13. The van der Waals surface area contributed by atoms with Crippen LogP contribution in [0.25, 0.3) is 0 Å². The van der Waals surface area contributed by atoms with Crippen LogP contribution in [0.4, 0.5) is 5.69 Å². The lowest BCUT2D eigenvalue weighted by Crippen LogP contribution is -2.18. The third-order valence-electron chi connectivity index (χ3n) is 2.54. The first-order valence-corrected chi connectivity index (χ1v) is 6.75. The van der Waals surface area contributed by atoms with E-state index in [0.717, 1.165) is 0 Å². The van der Waals surface area contributed by atoms with Crippen LogP contribution in [0.2, 0.25) is 5.02 Å². The molecule has 0 aromatic heterocycles. The molecule has 0 saturated carbocycles. The zero-order valence-corrected chi connectivity index (χ0v) is 12.8. The van der Waals surface area contributed by atoms with Crippen LogP contribution in [-0.2, 0) is 14.3 Å². The van der Waals surface area contributed by atoms with Gasteiger partial charge in [0.05, 0.1) is 29.3 Å². The minimum atomic E-state index is -1.15. The van der Waals surface area contributed by atoms with Gasteiger partial charge < -0.3 is 9.84 Å². The van der Waals surface area contributed by atoms with Gasteiger partial charge in [0.1, 0.15) is 5.71 Å². The fourth-order valence-electron chi connectivity index (χ4n) is 1.48. The van der Waals surface area contributed by atoms with Crippen LogP contribution in [0.3, 0.4) is 0 Å². The Morgan fingerprint density at radius 1 is 1.36 bits per heavy atom. The zero-order chi connectivity index (χ0) is 16.7. The summed E-state index contributed by atoms with van der Waals surface area (Å²) in [5, 5.41) is 12.7. The highest BCUT2D eigenvalue weighted by molar-refractivity contribution is 6.41. The molecule has 1 aromatic carbocycles. The molecule has 0 aliphatic carbocycles. The molecule has 0 bridgehead atoms. The van der Waals surface area contributed by atoms with Gasteiger partial charge in [-0.05, 0) is 25.1 Å². The summed E-state index contributed by atoms with van der Waals surface area (Å²) >= 11 is 5.82. The van der Waals surface area contributed by atoms with E-state index < -0.39 is 11.9 Å². The largest absolute Gasteiger partial charge is 0.478 e. The second-order valence-electron chi connectivity index (χ2n) is 4.21. The number of anilines is 1. The number of hydrogen-bond acceptors (Lipinski definition) is 6. The van der Waals surface area contributed by atoms with Gasteiger partial charge in [-0.2, -0.15) is 5.10 Å². The molecule has 22 heavy (non-hydrogen) atoms. The smallest absolute Gasteiger partial charge is 0.337 e. The zero-order valence-electron chi connectivity index (χ0n) is 12.1. The van der Waals surface area contributed by atoms with Crippen molar-refractivity contribution >= 4 is 40.7 Å². The number of nitrogens with zero attached hydrogens (tertiary/aromatic N) is 1. The SMILES string of the molecule is CCOC(=O)CC(=NNc1ccc(C(=O)O)c(Cl)c1)C(C)=O. The second kappa shape index (κ2) is 8.14. The van der Waals surface area contributed by atoms with E-state index >= 15 is 0 Å². The lowest BCUT2D eigenvalue weighted by molar-refractivity contribution is -0.141. The van der Waals surface area contributed by atoms with Crippen LogP contribution in [0, 0.1) is 0 Å². The summed E-state index contributed by atoms with van der Waals surface area (Å²) in [6, 6.07) is 4.11. The van der Waals surface area contributed by atoms with E-state index in [1.807, 2.05) is 0 Å². The van der Waals surface area contributed by atoms with Crippen molar-refractivity contribution in [3.8, 4) is 0 Å². The van der Waals surface area contributed by atoms with E-state index in [-0.39, 0.29) is 35.1 Å². The molecule has 0 radical (unpaired) electrons. The van der Waals surface area contributed by atoms with Gasteiger partial charge >= 0.3 is 11.9 Å². The average Bonchev–Trinajstić information content (AvgIpc) is 2.43. The number of aromatic carboxylic acids is 1. The number of esters is 1. The van der Waals surface area contributed by atoms with Crippen molar-refractivity contribution in [3.63, 3.8) is 0 Å². The number of hydrazone groups is 1. The number of nitrogens with one attached hydrogen (secondary N) is 1. The minimum absolute atomic E-state index is 0.00289. The van der Waals surface area contributed by atoms with E-state index in [4.69, 9.17) is 21.4 Å². The van der Waals surface area contributed by atoms with Gasteiger partial charge in [-0.3, -0.25) is 15.0 Å². The van der Waals surface area contributed by atoms with Crippen LogP contribution in [0.5, 0.6) is 0 Å². The van der Waals surface area contributed by atoms with E-state index in [0.29, 0.717) is 5.69 Å². The first-order chi connectivity index (χ1) is 10.3. The summed E-state index contributed by atoms with van der Waals surface area (Å²) < 4.78 is 4.75. The molecule has 0 spiro atoms. The van der Waals surface area contributed by atoms with Crippen LogP contribution in [-0.4, -0.2) is 35.1 Å². The molecule has 1 rings (SSSR count). The van der Waals surface area contributed by atoms with Crippen molar-refractivity contribution in [3.05, 3.63) is 28.8 Å². The van der Waals surface area contributed by atoms with E-state index in [2.05, 4.69) is 10.5 Å². The van der Waals surface area contributed by atoms with Crippen molar-refractivity contribution in [2.45, 2.75) is 20.3 Å². The normalized spacial score (nSPS) is 11.0. The Bertz CT molecular complexity index is 628. The molecule has 0 unspecified atom stereocenters. The maximum absolute atomic E-state index is 11.4. The van der Waals surface area contributed by atoms with Gasteiger partial charge in [0, 0.05) is 6.92 Å². The number of rotatable bonds is 7. The van der Waals surface area contributed by atoms with Crippen molar-refractivity contribution in [2.24, 2.45) is 5.10 Å². The van der Waals surface area contributed by atoms with Crippen LogP contribution >= 0.6 is 11.6 Å². The first-order valence-electron chi connectivity index (χ1n) is 6.37. The molecule has 0 fully saturated rings. The third kappa shape index (κ3) is 5.17. The lowest BCUT2D eigenvalue weighted by atomic mass is 10.2. The summed E-state index contributed by atoms with van der Waals surface area (Å²) in [6.45, 7) is 3.15. The highest BCUT2D eigenvalue weighted by Crippen LogP contribution is 2.21. The van der Waals surface area contributed by atoms with Gasteiger partial charge in [0.2, 0.25) is 0 Å². The van der Waals surface area contributed by atoms with Gasteiger partial charge in [-0.15, -0.1) is 0 Å². The monoisotopic (exact) mass is 326 g/mol. The Hall–Kier alpha value is -2.41. The molecule has 8 heteroatoms. The van der Waals surface area contributed by atoms with Gasteiger partial charge in [-0.25, -0.2) is 4.79 Å². The number of carbonyl (C=O) groups excluding carboxylic acids is 2. The Morgan fingerprint density at radius 3 is 2.55 bits per heavy atom. The number of ether oxygens (including phenoxy) is 1. The molecule has 0 heterocycles. The van der Waals surface area contributed by atoms with Crippen LogP contribution in [0.1, 0.15) is 30.6 Å². The second-order valence-corrected chi connectivity index (χ2v) is 4.62. The molecule has 7 nitrogen and oxygen atoms in total. The quantitative estimate of drug-likeness (QED) is 0.452. The number of ketones is 1. The number of carboxylic acids is 1. The number of benzene rings is 1. The van der Waals surface area contributed by atoms with Crippen molar-refractivity contribution < 1.29 is 24.2 Å². The number of Topliss-reactive ketones (excluding diaryl/α,β-unsaturated/α-hetero) is 1. The fraction of sp³-hybridized carbons (Fsp3) is 0.286. The number of halogens is 1. The third-order valence-corrected chi connectivity index (χ3v) is 2.86. The first kappa shape index (κ1) is 17.6. The van der Waals surface area contributed by atoms with E-state index in [1.165, 1.54) is 25.1 Å². The number of carboxylic acid groups (broad SMARTS) is 1. The summed E-state index contributed by atoms with van der Waals surface area (Å²) in [4.78, 5) is 33.6. The molecular weight excluding hydrogens is 312 g/mol. The molecule has 1 aromatic rings. The van der Waals surface area contributed by atoms with Gasteiger partial charge in [0.25, 0.3) is 0 Å². The Morgan fingerprint density at radius 2 is 2.05 bits per heavy atom. The topological polar surface area (TPSA) is 105 Å².